The lowest BCUT2D eigenvalue weighted by Crippen LogP contribution is -2.54. The Morgan fingerprint density at radius 1 is 1.24 bits per heavy atom. The summed E-state index contributed by atoms with van der Waals surface area (Å²) in [4.78, 5) is 48.2. The highest BCUT2D eigenvalue weighted by Gasteiger charge is 2.42. The van der Waals surface area contributed by atoms with Crippen LogP contribution < -0.4 is 5.32 Å². The minimum Gasteiger partial charge on any atom is -0.467 e. The molecule has 0 aliphatic carbocycles. The van der Waals surface area contributed by atoms with Crippen molar-refractivity contribution in [2.45, 2.75) is 32.4 Å². The van der Waals surface area contributed by atoms with Crippen molar-refractivity contribution in [3.8, 4) is 0 Å². The average Bonchev–Trinajstić information content (AvgIpc) is 2.84. The number of nitrogens with one attached hydrogen (secondary N) is 1. The SMILES string of the molecule is COC(=O)NC(C(=O)N1CC(=O)CC1C(=O)OC)C(C)C. The summed E-state index contributed by atoms with van der Waals surface area (Å²) in [6, 6.07) is -1.81. The number of hydrogen-bond donors (Lipinski definition) is 1. The first-order valence-corrected chi connectivity index (χ1v) is 6.56. The maximum absolute atomic E-state index is 12.5. The summed E-state index contributed by atoms with van der Waals surface area (Å²) in [6.45, 7) is 3.32. The predicted octanol–water partition coefficient (Wildman–Crippen LogP) is -0.290. The number of Topliss-reactive ketones (excluding diaryl/α,β-unsaturated/α-hetero) is 1. The molecule has 0 aromatic heterocycles. The molecule has 1 aliphatic heterocycles. The fraction of sp³-hybridized carbons (Fsp3) is 0.692. The topological polar surface area (TPSA) is 102 Å². The van der Waals surface area contributed by atoms with Gasteiger partial charge < -0.3 is 19.7 Å². The zero-order valence-electron chi connectivity index (χ0n) is 12.5. The van der Waals surface area contributed by atoms with Gasteiger partial charge in [0.1, 0.15) is 12.1 Å². The zero-order chi connectivity index (χ0) is 16.2. The molecule has 0 bridgehead atoms. The van der Waals surface area contributed by atoms with Gasteiger partial charge in [-0.05, 0) is 5.92 Å². The predicted molar refractivity (Wildman–Crippen MR) is 71.3 cm³/mol. The van der Waals surface area contributed by atoms with Crippen molar-refractivity contribution < 1.29 is 28.7 Å². The number of ether oxygens (including phenoxy) is 2. The molecular weight excluding hydrogens is 280 g/mol. The standard InChI is InChI=1S/C13H20N2O6/c1-7(2)10(14-13(19)21-4)11(17)15-6-8(16)5-9(15)12(18)20-3/h7,9-10H,5-6H2,1-4H3,(H,14,19). The highest BCUT2D eigenvalue weighted by atomic mass is 16.5. The van der Waals surface area contributed by atoms with Gasteiger partial charge in [0.2, 0.25) is 5.91 Å². The first kappa shape index (κ1) is 16.9. The molecule has 1 heterocycles. The first-order chi connectivity index (χ1) is 9.81. The summed E-state index contributed by atoms with van der Waals surface area (Å²) in [5.41, 5.74) is 0. The zero-order valence-corrected chi connectivity index (χ0v) is 12.5. The maximum atomic E-state index is 12.5. The molecular formula is C13H20N2O6. The molecule has 1 rings (SSSR count). The molecule has 2 atom stereocenters. The van der Waals surface area contributed by atoms with E-state index in [0.717, 1.165) is 4.90 Å². The van der Waals surface area contributed by atoms with Crippen molar-refractivity contribution in [1.82, 2.24) is 10.2 Å². The van der Waals surface area contributed by atoms with Gasteiger partial charge in [0.15, 0.2) is 5.78 Å². The van der Waals surface area contributed by atoms with Crippen molar-refractivity contribution >= 4 is 23.8 Å². The molecule has 0 saturated carbocycles. The van der Waals surface area contributed by atoms with Crippen LogP contribution in [0.4, 0.5) is 4.79 Å². The number of carbonyl (C=O) groups excluding carboxylic acids is 4. The Balaban J connectivity index is 2.93. The number of amides is 2. The molecule has 0 aromatic rings. The number of alkyl carbamates (subject to hydrolysis) is 1. The Morgan fingerprint density at radius 2 is 1.86 bits per heavy atom. The summed E-state index contributed by atoms with van der Waals surface area (Å²) in [6.07, 6.45) is -0.816. The molecule has 1 fully saturated rings. The highest BCUT2D eigenvalue weighted by molar-refractivity contribution is 5.99. The van der Waals surface area contributed by atoms with Gasteiger partial charge in [-0.1, -0.05) is 13.8 Å². The fourth-order valence-electron chi connectivity index (χ4n) is 2.15. The average molecular weight is 300 g/mol. The fourth-order valence-corrected chi connectivity index (χ4v) is 2.15. The van der Waals surface area contributed by atoms with E-state index < -0.39 is 30.1 Å². The van der Waals surface area contributed by atoms with Crippen LogP contribution in [-0.2, 0) is 23.9 Å². The normalized spacial score (nSPS) is 19.4. The molecule has 8 heteroatoms. The molecule has 21 heavy (non-hydrogen) atoms. The third kappa shape index (κ3) is 3.93. The smallest absolute Gasteiger partial charge is 0.407 e. The number of methoxy groups -OCH3 is 2. The Morgan fingerprint density at radius 3 is 2.33 bits per heavy atom. The van der Waals surface area contributed by atoms with Gasteiger partial charge in [0.05, 0.1) is 20.8 Å². The number of rotatable bonds is 4. The summed E-state index contributed by atoms with van der Waals surface area (Å²) < 4.78 is 9.09. The number of ketones is 1. The molecule has 1 N–H and O–H groups in total. The van der Waals surface area contributed by atoms with Crippen molar-refractivity contribution in [2.24, 2.45) is 5.92 Å². The van der Waals surface area contributed by atoms with Crippen molar-refractivity contribution in [3.63, 3.8) is 0 Å². The Hall–Kier alpha value is -2.12. The second kappa shape index (κ2) is 7.05. The van der Waals surface area contributed by atoms with Crippen molar-refractivity contribution in [3.05, 3.63) is 0 Å². The molecule has 2 amide bonds. The Kier molecular flexibility index (Phi) is 5.69. The van der Waals surface area contributed by atoms with Crippen LogP contribution in [0.15, 0.2) is 0 Å². The second-order valence-corrected chi connectivity index (χ2v) is 5.11. The van der Waals surface area contributed by atoms with Crippen molar-refractivity contribution in [1.29, 1.82) is 0 Å². The minimum absolute atomic E-state index is 0.0680. The number of esters is 1. The van der Waals surface area contributed by atoms with Crippen LogP contribution in [0.3, 0.4) is 0 Å². The summed E-state index contributed by atoms with van der Waals surface area (Å²) >= 11 is 0. The van der Waals surface area contributed by atoms with Crippen LogP contribution in [-0.4, -0.2) is 61.5 Å². The molecule has 0 spiro atoms. The van der Waals surface area contributed by atoms with E-state index in [0.29, 0.717) is 0 Å². The van der Waals surface area contributed by atoms with Crippen LogP contribution in [0.5, 0.6) is 0 Å². The van der Waals surface area contributed by atoms with Gasteiger partial charge in [0.25, 0.3) is 0 Å². The molecule has 118 valence electrons. The number of carbonyl (C=O) groups is 4. The van der Waals surface area contributed by atoms with Gasteiger partial charge in [-0.25, -0.2) is 9.59 Å². The monoisotopic (exact) mass is 300 g/mol. The van der Waals surface area contributed by atoms with E-state index in [2.05, 4.69) is 14.8 Å². The van der Waals surface area contributed by atoms with E-state index in [1.165, 1.54) is 14.2 Å². The summed E-state index contributed by atoms with van der Waals surface area (Å²) in [5.74, 6) is -1.60. The van der Waals surface area contributed by atoms with E-state index in [1.807, 2.05) is 0 Å². The van der Waals surface area contributed by atoms with E-state index in [-0.39, 0.29) is 24.7 Å². The van der Waals surface area contributed by atoms with Gasteiger partial charge in [0, 0.05) is 6.42 Å². The maximum Gasteiger partial charge on any atom is 0.407 e. The third-order valence-corrected chi connectivity index (χ3v) is 3.29. The van der Waals surface area contributed by atoms with Gasteiger partial charge in [-0.3, -0.25) is 9.59 Å². The first-order valence-electron chi connectivity index (χ1n) is 6.56. The molecule has 1 aliphatic rings. The largest absolute Gasteiger partial charge is 0.467 e. The highest BCUT2D eigenvalue weighted by Crippen LogP contribution is 2.19. The molecule has 1 saturated heterocycles. The lowest BCUT2D eigenvalue weighted by molar-refractivity contribution is -0.151. The second-order valence-electron chi connectivity index (χ2n) is 5.11. The molecule has 0 aromatic carbocycles. The van der Waals surface area contributed by atoms with Crippen LogP contribution >= 0.6 is 0 Å². The lowest BCUT2D eigenvalue weighted by Gasteiger charge is -2.28. The summed E-state index contributed by atoms with van der Waals surface area (Å²) in [5, 5.41) is 2.42. The molecule has 0 radical (unpaired) electrons. The van der Waals surface area contributed by atoms with Gasteiger partial charge in [-0.15, -0.1) is 0 Å². The third-order valence-electron chi connectivity index (χ3n) is 3.29. The van der Waals surface area contributed by atoms with Crippen LogP contribution in [0.25, 0.3) is 0 Å². The quantitative estimate of drug-likeness (QED) is 0.716. The van der Waals surface area contributed by atoms with E-state index in [4.69, 9.17) is 0 Å². The van der Waals surface area contributed by atoms with Crippen LogP contribution in [0.1, 0.15) is 20.3 Å². The molecule has 8 nitrogen and oxygen atoms in total. The van der Waals surface area contributed by atoms with Crippen LogP contribution in [0.2, 0.25) is 0 Å². The van der Waals surface area contributed by atoms with Gasteiger partial charge >= 0.3 is 12.1 Å². The number of hydrogen-bond acceptors (Lipinski definition) is 6. The number of nitrogens with zero attached hydrogens (tertiary/aromatic N) is 1. The van der Waals surface area contributed by atoms with E-state index in [9.17, 15) is 19.2 Å². The van der Waals surface area contributed by atoms with E-state index in [1.54, 1.807) is 13.8 Å². The molecule has 2 unspecified atom stereocenters. The minimum atomic E-state index is -0.935. The van der Waals surface area contributed by atoms with Gasteiger partial charge in [-0.2, -0.15) is 0 Å². The van der Waals surface area contributed by atoms with E-state index >= 15 is 0 Å². The lowest BCUT2D eigenvalue weighted by atomic mass is 10.0. The van der Waals surface area contributed by atoms with Crippen LogP contribution in [0, 0.1) is 5.92 Å². The summed E-state index contributed by atoms with van der Waals surface area (Å²) in [7, 11) is 2.38. The number of likely N-dealkylation sites (tertiary alicyclic amines) is 1. The Labute approximate surface area is 122 Å². The van der Waals surface area contributed by atoms with Crippen molar-refractivity contribution in [2.75, 3.05) is 20.8 Å². The Bertz CT molecular complexity index is 448.